The highest BCUT2D eigenvalue weighted by atomic mass is 16.5. The molecule has 2 aromatic heterocycles. The van der Waals surface area contributed by atoms with Gasteiger partial charge in [0.1, 0.15) is 0 Å². The predicted molar refractivity (Wildman–Crippen MR) is 141 cm³/mol. The Kier molecular flexibility index (Phi) is 7.82. The van der Waals surface area contributed by atoms with Crippen molar-refractivity contribution in [1.29, 1.82) is 0 Å². The molecular formula is C28H40N6O2. The molecule has 0 amide bonds. The van der Waals surface area contributed by atoms with E-state index in [0.717, 1.165) is 79.5 Å². The first-order valence-corrected chi connectivity index (χ1v) is 13.8. The zero-order valence-electron chi connectivity index (χ0n) is 22.0. The molecule has 36 heavy (non-hydrogen) atoms. The number of aromatic amines is 1. The lowest BCUT2D eigenvalue weighted by Gasteiger charge is -2.33. The van der Waals surface area contributed by atoms with E-state index in [2.05, 4.69) is 69.1 Å². The number of nitrogens with zero attached hydrogens (tertiary/aromatic N) is 5. The maximum absolute atomic E-state index is 13.3. The van der Waals surface area contributed by atoms with E-state index in [1.54, 1.807) is 0 Å². The number of hydrogen-bond donors (Lipinski definition) is 1. The van der Waals surface area contributed by atoms with Crippen molar-refractivity contribution in [2.24, 2.45) is 0 Å². The van der Waals surface area contributed by atoms with Crippen molar-refractivity contribution >= 4 is 10.9 Å². The number of nitrogens with one attached hydrogen (secondary N) is 1. The van der Waals surface area contributed by atoms with E-state index in [-0.39, 0.29) is 17.7 Å². The summed E-state index contributed by atoms with van der Waals surface area (Å²) in [6.45, 7) is 8.48. The Balaban J connectivity index is 1.51. The highest BCUT2D eigenvalue weighted by Gasteiger charge is 2.32. The summed E-state index contributed by atoms with van der Waals surface area (Å²) in [6, 6.07) is 6.70. The van der Waals surface area contributed by atoms with Crippen molar-refractivity contribution in [3.8, 4) is 0 Å². The van der Waals surface area contributed by atoms with Gasteiger partial charge >= 0.3 is 0 Å². The maximum atomic E-state index is 13.3. The number of tetrazole rings is 1. The van der Waals surface area contributed by atoms with Crippen molar-refractivity contribution < 1.29 is 4.74 Å². The minimum absolute atomic E-state index is 0.0179. The smallest absolute Gasteiger partial charge is 0.252 e. The summed E-state index contributed by atoms with van der Waals surface area (Å²) < 4.78 is 8.15. The highest BCUT2D eigenvalue weighted by molar-refractivity contribution is 5.83. The van der Waals surface area contributed by atoms with Gasteiger partial charge in [0.15, 0.2) is 5.82 Å². The number of aromatic nitrogens is 5. The molecular weight excluding hydrogens is 452 g/mol. The number of pyridine rings is 1. The molecule has 0 spiro atoms. The minimum atomic E-state index is -0.0179. The Hall–Kier alpha value is -2.58. The van der Waals surface area contributed by atoms with Crippen LogP contribution in [0.15, 0.2) is 23.0 Å². The molecule has 3 aromatic rings. The quantitative estimate of drug-likeness (QED) is 0.444. The van der Waals surface area contributed by atoms with Crippen molar-refractivity contribution in [2.45, 2.75) is 103 Å². The summed E-state index contributed by atoms with van der Waals surface area (Å²) in [7, 11) is 0. The molecule has 194 valence electrons. The third kappa shape index (κ3) is 5.25. The van der Waals surface area contributed by atoms with Crippen molar-refractivity contribution in [1.82, 2.24) is 30.1 Å². The first-order valence-electron chi connectivity index (χ1n) is 13.8. The third-order valence-corrected chi connectivity index (χ3v) is 8.20. The largest absolute Gasteiger partial charge is 0.377 e. The number of ether oxygens (including phenoxy) is 1. The van der Waals surface area contributed by atoms with E-state index in [1.807, 2.05) is 0 Å². The summed E-state index contributed by atoms with van der Waals surface area (Å²) in [6.07, 6.45) is 10.3. The van der Waals surface area contributed by atoms with Crippen LogP contribution in [0.25, 0.3) is 10.9 Å². The molecule has 1 aliphatic carbocycles. The van der Waals surface area contributed by atoms with Gasteiger partial charge in [-0.15, -0.1) is 5.10 Å². The highest BCUT2D eigenvalue weighted by Crippen LogP contribution is 2.33. The number of fused-ring (bicyclic) bond motifs is 1. The van der Waals surface area contributed by atoms with Crippen LogP contribution in [0.4, 0.5) is 0 Å². The first kappa shape index (κ1) is 25.1. The van der Waals surface area contributed by atoms with E-state index in [0.29, 0.717) is 12.6 Å². The topological polar surface area (TPSA) is 88.9 Å². The summed E-state index contributed by atoms with van der Waals surface area (Å²) >= 11 is 0. The van der Waals surface area contributed by atoms with E-state index >= 15 is 0 Å². The fourth-order valence-electron chi connectivity index (χ4n) is 6.01. The maximum Gasteiger partial charge on any atom is 0.252 e. The van der Waals surface area contributed by atoms with E-state index in [1.165, 1.54) is 24.8 Å². The second-order valence-corrected chi connectivity index (χ2v) is 10.7. The fraction of sp³-hybridized carbons (Fsp3) is 0.643. The third-order valence-electron chi connectivity index (χ3n) is 8.20. The lowest BCUT2D eigenvalue weighted by molar-refractivity contribution is 0.0468. The van der Waals surface area contributed by atoms with Crippen LogP contribution in [-0.4, -0.2) is 49.3 Å². The molecule has 2 atom stereocenters. The number of H-pyrrole nitrogens is 1. The molecule has 5 rings (SSSR count). The molecule has 0 bridgehead atoms. The fourth-order valence-corrected chi connectivity index (χ4v) is 6.01. The molecule has 0 radical (unpaired) electrons. The molecule has 1 saturated heterocycles. The van der Waals surface area contributed by atoms with Crippen LogP contribution < -0.4 is 5.56 Å². The second-order valence-electron chi connectivity index (χ2n) is 10.7. The van der Waals surface area contributed by atoms with Gasteiger partial charge in [-0.05, 0) is 79.0 Å². The molecule has 1 aromatic carbocycles. The van der Waals surface area contributed by atoms with Crippen LogP contribution in [0.1, 0.15) is 99.3 Å². The molecule has 8 nitrogen and oxygen atoms in total. The molecule has 1 N–H and O–H groups in total. The van der Waals surface area contributed by atoms with Crippen LogP contribution in [0.5, 0.6) is 0 Å². The number of rotatable bonds is 9. The first-order chi connectivity index (χ1) is 17.5. The van der Waals surface area contributed by atoms with Gasteiger partial charge in [0, 0.05) is 25.3 Å². The van der Waals surface area contributed by atoms with Crippen LogP contribution >= 0.6 is 0 Å². The van der Waals surface area contributed by atoms with E-state index in [9.17, 15) is 4.79 Å². The van der Waals surface area contributed by atoms with Gasteiger partial charge in [-0.1, -0.05) is 44.7 Å². The minimum Gasteiger partial charge on any atom is -0.377 e. The van der Waals surface area contributed by atoms with Crippen molar-refractivity contribution in [3.05, 3.63) is 51.1 Å². The molecule has 2 aliphatic rings. The Labute approximate surface area is 213 Å². The van der Waals surface area contributed by atoms with Crippen molar-refractivity contribution in [2.75, 3.05) is 13.2 Å². The molecule has 1 saturated carbocycles. The second kappa shape index (κ2) is 11.2. The standard InChI is InChI=1S/C28H40N6O2/c1-4-9-25(27-30-31-32-34(27)23-10-6-5-7-11-23)33(18-24-12-8-15-36-24)17-22-16-21-14-13-19(2)20(3)26(21)29-28(22)35/h13-14,16,23-25H,4-12,15,17-18H2,1-3H3,(H,29,35)/t24-,25+/m1/s1. The monoisotopic (exact) mass is 492 g/mol. The van der Waals surface area contributed by atoms with Gasteiger partial charge in [-0.25, -0.2) is 4.68 Å². The summed E-state index contributed by atoms with van der Waals surface area (Å²) in [4.78, 5) is 18.9. The Morgan fingerprint density at radius 3 is 2.75 bits per heavy atom. The SMILES string of the molecule is CCC[C@@H](c1nnnn1C1CCCCC1)N(Cc1cc2ccc(C)c(C)c2[nH]c1=O)C[C@H]1CCCO1. The molecule has 8 heteroatoms. The zero-order valence-corrected chi connectivity index (χ0v) is 22.0. The van der Waals surface area contributed by atoms with Gasteiger partial charge in [-0.3, -0.25) is 9.69 Å². The lowest BCUT2D eigenvalue weighted by atomic mass is 9.95. The van der Waals surface area contributed by atoms with Crippen LogP contribution in [0.3, 0.4) is 0 Å². The van der Waals surface area contributed by atoms with Gasteiger partial charge in [0.05, 0.1) is 23.7 Å². The summed E-state index contributed by atoms with van der Waals surface area (Å²) in [5.74, 6) is 0.936. The van der Waals surface area contributed by atoms with Crippen LogP contribution in [0.2, 0.25) is 0 Å². The Morgan fingerprint density at radius 1 is 1.17 bits per heavy atom. The van der Waals surface area contributed by atoms with Crippen LogP contribution in [0, 0.1) is 13.8 Å². The van der Waals surface area contributed by atoms with Gasteiger partial charge in [0.25, 0.3) is 5.56 Å². The Morgan fingerprint density at radius 2 is 2.00 bits per heavy atom. The van der Waals surface area contributed by atoms with Crippen LogP contribution in [-0.2, 0) is 11.3 Å². The average Bonchev–Trinajstić information content (AvgIpc) is 3.58. The van der Waals surface area contributed by atoms with E-state index in [4.69, 9.17) is 4.74 Å². The molecule has 1 aliphatic heterocycles. The van der Waals surface area contributed by atoms with Gasteiger partial charge in [0.2, 0.25) is 0 Å². The molecule has 0 unspecified atom stereocenters. The van der Waals surface area contributed by atoms with Crippen molar-refractivity contribution in [3.63, 3.8) is 0 Å². The normalized spacial score (nSPS) is 19.9. The predicted octanol–water partition coefficient (Wildman–Crippen LogP) is 5.16. The average molecular weight is 493 g/mol. The van der Waals surface area contributed by atoms with Gasteiger partial charge < -0.3 is 9.72 Å². The molecule has 3 heterocycles. The molecule has 2 fully saturated rings. The Bertz CT molecular complexity index is 1220. The van der Waals surface area contributed by atoms with Gasteiger partial charge in [-0.2, -0.15) is 0 Å². The van der Waals surface area contributed by atoms with E-state index < -0.39 is 0 Å². The zero-order chi connectivity index (χ0) is 25.1. The summed E-state index contributed by atoms with van der Waals surface area (Å²) in [5.41, 5.74) is 4.00. The summed E-state index contributed by atoms with van der Waals surface area (Å²) in [5, 5.41) is 14.3. The number of hydrogen-bond acceptors (Lipinski definition) is 6. The number of benzene rings is 1. The lowest BCUT2D eigenvalue weighted by Crippen LogP contribution is -2.38. The number of aryl methyl sites for hydroxylation is 2.